The lowest BCUT2D eigenvalue weighted by molar-refractivity contribution is -0.113. The zero-order valence-corrected chi connectivity index (χ0v) is 22.9. The van der Waals surface area contributed by atoms with E-state index in [2.05, 4.69) is 39.9 Å². The van der Waals surface area contributed by atoms with E-state index in [-0.39, 0.29) is 17.6 Å². The van der Waals surface area contributed by atoms with Crippen molar-refractivity contribution < 1.29 is 19.1 Å². The van der Waals surface area contributed by atoms with Crippen LogP contribution in [0.5, 0.6) is 11.5 Å². The molecule has 0 aliphatic carbocycles. The molecule has 196 valence electrons. The number of nitrogens with one attached hydrogen (secondary N) is 2. The summed E-state index contributed by atoms with van der Waals surface area (Å²) in [5.74, 6) is 0.519. The Labute approximate surface area is 234 Å². The fraction of sp³-hybridized carbons (Fsp3) is 0.100. The zero-order chi connectivity index (χ0) is 27.2. The first kappa shape index (κ1) is 26.3. The van der Waals surface area contributed by atoms with Crippen LogP contribution in [-0.2, 0) is 4.79 Å². The van der Waals surface area contributed by atoms with Crippen molar-refractivity contribution in [1.82, 2.24) is 4.98 Å². The second kappa shape index (κ2) is 12.0. The number of thioether (sulfide) groups is 1. The molecule has 0 aliphatic heterocycles. The molecule has 9 heteroatoms. The van der Waals surface area contributed by atoms with Gasteiger partial charge in [0.2, 0.25) is 5.91 Å². The van der Waals surface area contributed by atoms with Crippen LogP contribution >= 0.6 is 23.1 Å². The molecule has 0 aliphatic rings. The molecular formula is C30H25N3O4S2. The maximum Gasteiger partial charge on any atom is 0.263 e. The fourth-order valence-electron chi connectivity index (χ4n) is 4.05. The quantitative estimate of drug-likeness (QED) is 0.191. The maximum absolute atomic E-state index is 13.0. The van der Waals surface area contributed by atoms with Gasteiger partial charge >= 0.3 is 0 Å². The molecule has 0 atom stereocenters. The Morgan fingerprint density at radius 2 is 1.59 bits per heavy atom. The van der Waals surface area contributed by atoms with Crippen molar-refractivity contribution in [2.24, 2.45) is 0 Å². The highest BCUT2D eigenvalue weighted by Gasteiger charge is 2.18. The molecule has 39 heavy (non-hydrogen) atoms. The number of hydrogen-bond acceptors (Lipinski definition) is 7. The van der Waals surface area contributed by atoms with Crippen molar-refractivity contribution in [3.63, 3.8) is 0 Å². The van der Waals surface area contributed by atoms with Gasteiger partial charge in [0.15, 0.2) is 5.13 Å². The Morgan fingerprint density at radius 1 is 0.846 bits per heavy atom. The van der Waals surface area contributed by atoms with Crippen LogP contribution in [0.15, 0.2) is 95.2 Å². The minimum atomic E-state index is -0.352. The van der Waals surface area contributed by atoms with Crippen LogP contribution in [0.4, 0.5) is 10.8 Å². The summed E-state index contributed by atoms with van der Waals surface area (Å²) in [4.78, 5) is 31.0. The molecule has 0 spiro atoms. The van der Waals surface area contributed by atoms with Crippen molar-refractivity contribution >= 4 is 56.5 Å². The van der Waals surface area contributed by atoms with Crippen LogP contribution in [0.1, 0.15) is 10.4 Å². The number of benzene rings is 4. The fourth-order valence-corrected chi connectivity index (χ4v) is 5.54. The summed E-state index contributed by atoms with van der Waals surface area (Å²) in [6, 6.07) is 26.9. The second-order valence-corrected chi connectivity index (χ2v) is 10.4. The lowest BCUT2D eigenvalue weighted by Crippen LogP contribution is -2.15. The second-order valence-electron chi connectivity index (χ2n) is 8.46. The highest BCUT2D eigenvalue weighted by atomic mass is 32.2. The van der Waals surface area contributed by atoms with Gasteiger partial charge in [0.1, 0.15) is 17.1 Å². The number of carbonyl (C=O) groups is 2. The summed E-state index contributed by atoms with van der Waals surface area (Å²) >= 11 is 2.76. The highest BCUT2D eigenvalue weighted by Crippen LogP contribution is 2.31. The van der Waals surface area contributed by atoms with E-state index in [0.717, 1.165) is 21.5 Å². The average Bonchev–Trinajstić information content (AvgIpc) is 3.43. The Morgan fingerprint density at radius 3 is 2.36 bits per heavy atom. The predicted molar refractivity (Wildman–Crippen MR) is 158 cm³/mol. The van der Waals surface area contributed by atoms with E-state index in [1.54, 1.807) is 24.3 Å². The number of fused-ring (bicyclic) bond motifs is 1. The smallest absolute Gasteiger partial charge is 0.263 e. The Balaban J connectivity index is 1.19. The number of carbonyl (C=O) groups excluding carboxylic acids is 2. The molecule has 2 N–H and O–H groups in total. The van der Waals surface area contributed by atoms with Crippen LogP contribution in [-0.4, -0.2) is 36.8 Å². The normalized spacial score (nSPS) is 10.7. The number of aromatic nitrogens is 1. The number of rotatable bonds is 9. The molecule has 0 bridgehead atoms. The van der Waals surface area contributed by atoms with E-state index in [9.17, 15) is 9.59 Å². The van der Waals surface area contributed by atoms with Crippen LogP contribution in [0.25, 0.3) is 22.0 Å². The van der Waals surface area contributed by atoms with Gasteiger partial charge in [-0.05, 0) is 47.2 Å². The van der Waals surface area contributed by atoms with E-state index in [4.69, 9.17) is 9.47 Å². The van der Waals surface area contributed by atoms with Gasteiger partial charge in [-0.3, -0.25) is 9.59 Å². The summed E-state index contributed by atoms with van der Waals surface area (Å²) in [7, 11) is 3.01. The molecule has 1 heterocycles. The van der Waals surface area contributed by atoms with E-state index in [0.29, 0.717) is 27.9 Å². The first-order valence-corrected chi connectivity index (χ1v) is 13.9. The molecule has 2 amide bonds. The molecule has 4 aromatic carbocycles. The third-order valence-corrected chi connectivity index (χ3v) is 7.66. The lowest BCUT2D eigenvalue weighted by Gasteiger charge is -2.13. The maximum atomic E-state index is 13.0. The average molecular weight is 556 g/mol. The van der Waals surface area contributed by atoms with Gasteiger partial charge < -0.3 is 20.1 Å². The molecule has 0 radical (unpaired) electrons. The van der Waals surface area contributed by atoms with Crippen molar-refractivity contribution in [1.29, 1.82) is 0 Å². The summed E-state index contributed by atoms with van der Waals surface area (Å²) in [6.45, 7) is 0. The van der Waals surface area contributed by atoms with Crippen LogP contribution in [0.2, 0.25) is 0 Å². The van der Waals surface area contributed by atoms with Gasteiger partial charge in [-0.15, -0.1) is 23.1 Å². The van der Waals surface area contributed by atoms with Crippen LogP contribution < -0.4 is 20.1 Å². The first-order valence-electron chi connectivity index (χ1n) is 12.0. The zero-order valence-electron chi connectivity index (χ0n) is 21.3. The Bertz CT molecular complexity index is 1630. The molecule has 0 unspecified atom stereocenters. The van der Waals surface area contributed by atoms with Gasteiger partial charge in [0.05, 0.1) is 25.7 Å². The largest absolute Gasteiger partial charge is 0.496 e. The molecule has 7 nitrogen and oxygen atoms in total. The molecule has 0 saturated heterocycles. The van der Waals surface area contributed by atoms with Gasteiger partial charge in [-0.2, -0.15) is 0 Å². The van der Waals surface area contributed by atoms with Gasteiger partial charge in [-0.1, -0.05) is 48.5 Å². The predicted octanol–water partition coefficient (Wildman–Crippen LogP) is 6.96. The van der Waals surface area contributed by atoms with Gasteiger partial charge in [0, 0.05) is 21.5 Å². The minimum absolute atomic E-state index is 0.160. The van der Waals surface area contributed by atoms with Crippen molar-refractivity contribution in [3.05, 3.63) is 95.9 Å². The van der Waals surface area contributed by atoms with Crippen molar-refractivity contribution in [2.45, 2.75) is 4.90 Å². The monoisotopic (exact) mass is 555 g/mol. The SMILES string of the molecule is COc1cccc(OC)c1C(=O)Nc1cccc(SCC(=O)Nc2nc(-c3ccc4ccccc4c3)cs2)c1. The number of hydrogen-bond donors (Lipinski definition) is 2. The molecule has 0 saturated carbocycles. The molecule has 5 aromatic rings. The highest BCUT2D eigenvalue weighted by molar-refractivity contribution is 8.00. The molecule has 0 fully saturated rings. The third-order valence-electron chi connectivity index (χ3n) is 5.91. The number of anilines is 2. The van der Waals surface area contributed by atoms with E-state index < -0.39 is 0 Å². The summed E-state index contributed by atoms with van der Waals surface area (Å²) in [6.07, 6.45) is 0. The summed E-state index contributed by atoms with van der Waals surface area (Å²) < 4.78 is 10.7. The van der Waals surface area contributed by atoms with Gasteiger partial charge in [0.25, 0.3) is 5.91 Å². The van der Waals surface area contributed by atoms with Crippen molar-refractivity contribution in [3.8, 4) is 22.8 Å². The number of nitrogens with zero attached hydrogens (tertiary/aromatic N) is 1. The van der Waals surface area contributed by atoms with Gasteiger partial charge in [-0.25, -0.2) is 4.98 Å². The molecule has 5 rings (SSSR count). The molecule has 1 aromatic heterocycles. The van der Waals surface area contributed by atoms with E-state index in [1.807, 2.05) is 41.8 Å². The van der Waals surface area contributed by atoms with E-state index in [1.165, 1.54) is 42.7 Å². The Hall–Kier alpha value is -4.34. The van der Waals surface area contributed by atoms with Crippen LogP contribution in [0, 0.1) is 0 Å². The Kier molecular flexibility index (Phi) is 8.10. The standard InChI is InChI=1S/C30H25N3O4S2/c1-36-25-11-6-12-26(37-2)28(25)29(35)31-22-9-5-10-23(16-22)38-18-27(34)33-30-32-24(17-39-30)21-14-13-19-7-3-4-8-20(19)15-21/h3-17H,18H2,1-2H3,(H,31,35)(H,32,33,34). The number of ether oxygens (including phenoxy) is 2. The van der Waals surface area contributed by atoms with Crippen molar-refractivity contribution in [2.75, 3.05) is 30.6 Å². The number of amides is 2. The lowest BCUT2D eigenvalue weighted by atomic mass is 10.1. The third kappa shape index (κ3) is 6.22. The topological polar surface area (TPSA) is 89.5 Å². The number of thiazole rings is 1. The summed E-state index contributed by atoms with van der Waals surface area (Å²) in [5, 5.41) is 10.6. The van der Waals surface area contributed by atoms with E-state index >= 15 is 0 Å². The first-order chi connectivity index (χ1) is 19.0. The number of methoxy groups -OCH3 is 2. The molecular weight excluding hydrogens is 530 g/mol. The minimum Gasteiger partial charge on any atom is -0.496 e. The summed E-state index contributed by atoms with van der Waals surface area (Å²) in [5.41, 5.74) is 2.73. The van der Waals surface area contributed by atoms with Crippen LogP contribution in [0.3, 0.4) is 0 Å².